The highest BCUT2D eigenvalue weighted by Crippen LogP contribution is 2.37. The lowest BCUT2D eigenvalue weighted by atomic mass is 9.73. The van der Waals surface area contributed by atoms with Crippen LogP contribution in [0.5, 0.6) is 0 Å². The number of hydrogen-bond acceptors (Lipinski definition) is 3. The van der Waals surface area contributed by atoms with Crippen LogP contribution >= 0.6 is 11.3 Å². The maximum Gasteiger partial charge on any atom is 0.0794 e. The highest BCUT2D eigenvalue weighted by atomic mass is 32.1. The summed E-state index contributed by atoms with van der Waals surface area (Å²) < 4.78 is 0. The van der Waals surface area contributed by atoms with Crippen LogP contribution in [0.2, 0.25) is 0 Å². The van der Waals surface area contributed by atoms with Gasteiger partial charge in [-0.2, -0.15) is 0 Å². The SMILES string of the molecule is CC(C)C1CCC(O)(Cc2cncs2)CC1. The summed E-state index contributed by atoms with van der Waals surface area (Å²) in [4.78, 5) is 5.28. The van der Waals surface area contributed by atoms with Gasteiger partial charge in [0.2, 0.25) is 0 Å². The van der Waals surface area contributed by atoms with Crippen molar-refractivity contribution in [2.24, 2.45) is 11.8 Å². The topological polar surface area (TPSA) is 33.1 Å². The van der Waals surface area contributed by atoms with E-state index in [0.717, 1.165) is 31.1 Å². The van der Waals surface area contributed by atoms with E-state index in [1.54, 1.807) is 11.3 Å². The quantitative estimate of drug-likeness (QED) is 0.878. The van der Waals surface area contributed by atoms with Gasteiger partial charge in [0.1, 0.15) is 0 Å². The minimum absolute atomic E-state index is 0.460. The van der Waals surface area contributed by atoms with Crippen molar-refractivity contribution >= 4 is 11.3 Å². The molecule has 0 bridgehead atoms. The van der Waals surface area contributed by atoms with Gasteiger partial charge in [-0.05, 0) is 37.5 Å². The van der Waals surface area contributed by atoms with E-state index in [-0.39, 0.29) is 0 Å². The van der Waals surface area contributed by atoms with Crippen LogP contribution in [-0.4, -0.2) is 15.7 Å². The van der Waals surface area contributed by atoms with Crippen LogP contribution in [0, 0.1) is 11.8 Å². The van der Waals surface area contributed by atoms with Gasteiger partial charge in [0.05, 0.1) is 11.1 Å². The fraction of sp³-hybridized carbons (Fsp3) is 0.769. The number of hydrogen-bond donors (Lipinski definition) is 1. The molecule has 1 aliphatic rings. The van der Waals surface area contributed by atoms with E-state index in [2.05, 4.69) is 18.8 Å². The Hall–Kier alpha value is -0.410. The van der Waals surface area contributed by atoms with Gasteiger partial charge in [-0.3, -0.25) is 4.98 Å². The molecule has 1 aromatic heterocycles. The van der Waals surface area contributed by atoms with Crippen molar-refractivity contribution in [2.45, 2.75) is 51.6 Å². The van der Waals surface area contributed by atoms with Crippen molar-refractivity contribution in [1.29, 1.82) is 0 Å². The third-order valence-corrected chi connectivity index (χ3v) is 4.67. The lowest BCUT2D eigenvalue weighted by molar-refractivity contribution is -0.0140. The summed E-state index contributed by atoms with van der Waals surface area (Å²) in [5, 5.41) is 10.5. The van der Waals surface area contributed by atoms with Gasteiger partial charge in [-0.1, -0.05) is 13.8 Å². The zero-order valence-electron chi connectivity index (χ0n) is 10.1. The van der Waals surface area contributed by atoms with Gasteiger partial charge in [-0.15, -0.1) is 11.3 Å². The second-order valence-electron chi connectivity index (χ2n) is 5.45. The molecule has 3 heteroatoms. The summed E-state index contributed by atoms with van der Waals surface area (Å²) in [6.45, 7) is 4.58. The van der Waals surface area contributed by atoms with Gasteiger partial charge in [0.25, 0.3) is 0 Å². The lowest BCUT2D eigenvalue weighted by Gasteiger charge is -2.37. The number of rotatable bonds is 3. The number of aromatic nitrogens is 1. The van der Waals surface area contributed by atoms with Crippen LogP contribution in [0.3, 0.4) is 0 Å². The van der Waals surface area contributed by atoms with E-state index in [1.165, 1.54) is 17.7 Å². The second kappa shape index (κ2) is 4.84. The molecule has 1 fully saturated rings. The fourth-order valence-electron chi connectivity index (χ4n) is 2.67. The largest absolute Gasteiger partial charge is 0.390 e. The van der Waals surface area contributed by atoms with Crippen molar-refractivity contribution in [3.05, 3.63) is 16.6 Å². The normalized spacial score (nSPS) is 30.9. The predicted octanol–water partition coefficient (Wildman–Crippen LogP) is 3.26. The minimum atomic E-state index is -0.460. The monoisotopic (exact) mass is 239 g/mol. The molecule has 2 rings (SSSR count). The van der Waals surface area contributed by atoms with E-state index in [9.17, 15) is 5.11 Å². The third-order valence-electron chi connectivity index (χ3n) is 3.89. The van der Waals surface area contributed by atoms with Gasteiger partial charge < -0.3 is 5.11 Å². The first-order chi connectivity index (χ1) is 7.59. The molecule has 1 aliphatic carbocycles. The highest BCUT2D eigenvalue weighted by molar-refractivity contribution is 7.09. The molecule has 1 N–H and O–H groups in total. The first-order valence-corrected chi connectivity index (χ1v) is 7.07. The Balaban J connectivity index is 1.91. The molecule has 1 saturated carbocycles. The maximum atomic E-state index is 10.5. The van der Waals surface area contributed by atoms with Crippen molar-refractivity contribution < 1.29 is 5.11 Å². The van der Waals surface area contributed by atoms with E-state index in [4.69, 9.17) is 0 Å². The van der Waals surface area contributed by atoms with E-state index in [1.807, 2.05) is 11.7 Å². The average Bonchev–Trinajstić information content (AvgIpc) is 2.70. The maximum absolute atomic E-state index is 10.5. The first-order valence-electron chi connectivity index (χ1n) is 6.19. The Bertz CT molecular complexity index is 313. The molecular weight excluding hydrogens is 218 g/mol. The predicted molar refractivity (Wildman–Crippen MR) is 67.6 cm³/mol. The molecule has 0 radical (unpaired) electrons. The summed E-state index contributed by atoms with van der Waals surface area (Å²) in [5.74, 6) is 1.56. The Morgan fingerprint density at radius 1 is 1.50 bits per heavy atom. The summed E-state index contributed by atoms with van der Waals surface area (Å²) in [6.07, 6.45) is 6.93. The molecule has 0 spiro atoms. The van der Waals surface area contributed by atoms with Crippen LogP contribution in [0.4, 0.5) is 0 Å². The molecule has 0 atom stereocenters. The Labute approximate surface area is 102 Å². The summed E-state index contributed by atoms with van der Waals surface area (Å²) >= 11 is 1.65. The molecule has 90 valence electrons. The van der Waals surface area contributed by atoms with E-state index < -0.39 is 5.60 Å². The molecule has 0 saturated heterocycles. The molecule has 2 nitrogen and oxygen atoms in total. The van der Waals surface area contributed by atoms with Gasteiger partial charge >= 0.3 is 0 Å². The van der Waals surface area contributed by atoms with Crippen molar-refractivity contribution in [2.75, 3.05) is 0 Å². The molecule has 0 aromatic carbocycles. The van der Waals surface area contributed by atoms with E-state index in [0.29, 0.717) is 0 Å². The zero-order chi connectivity index (χ0) is 11.6. The van der Waals surface area contributed by atoms with Gasteiger partial charge in [0, 0.05) is 17.5 Å². The minimum Gasteiger partial charge on any atom is -0.390 e. The summed E-state index contributed by atoms with van der Waals surface area (Å²) in [6, 6.07) is 0. The van der Waals surface area contributed by atoms with Gasteiger partial charge in [-0.25, -0.2) is 0 Å². The van der Waals surface area contributed by atoms with Crippen LogP contribution in [-0.2, 0) is 6.42 Å². The molecule has 1 heterocycles. The van der Waals surface area contributed by atoms with Crippen LogP contribution in [0.25, 0.3) is 0 Å². The smallest absolute Gasteiger partial charge is 0.0794 e. The molecular formula is C13H21NOS. The highest BCUT2D eigenvalue weighted by Gasteiger charge is 2.34. The van der Waals surface area contributed by atoms with Crippen molar-refractivity contribution in [3.8, 4) is 0 Å². The lowest BCUT2D eigenvalue weighted by Crippen LogP contribution is -2.37. The number of nitrogens with zero attached hydrogens (tertiary/aromatic N) is 1. The third kappa shape index (κ3) is 2.83. The molecule has 0 aliphatic heterocycles. The number of aliphatic hydroxyl groups is 1. The van der Waals surface area contributed by atoms with Crippen LogP contribution in [0.1, 0.15) is 44.4 Å². The Morgan fingerprint density at radius 2 is 2.19 bits per heavy atom. The second-order valence-corrected chi connectivity index (χ2v) is 6.42. The standard InChI is InChI=1S/C13H21NOS/c1-10(2)11-3-5-13(15,6-4-11)7-12-8-14-9-16-12/h8-11,15H,3-7H2,1-2H3. The Morgan fingerprint density at radius 3 is 2.69 bits per heavy atom. The number of thiazole rings is 1. The molecule has 0 unspecified atom stereocenters. The summed E-state index contributed by atoms with van der Waals surface area (Å²) in [5.41, 5.74) is 1.39. The zero-order valence-corrected chi connectivity index (χ0v) is 11.0. The molecule has 0 amide bonds. The first kappa shape index (κ1) is 12.1. The Kier molecular flexibility index (Phi) is 3.65. The van der Waals surface area contributed by atoms with Crippen molar-refractivity contribution in [3.63, 3.8) is 0 Å². The molecule has 16 heavy (non-hydrogen) atoms. The van der Waals surface area contributed by atoms with Crippen molar-refractivity contribution in [1.82, 2.24) is 4.98 Å². The fourth-order valence-corrected chi connectivity index (χ4v) is 3.41. The van der Waals surface area contributed by atoms with Crippen LogP contribution < -0.4 is 0 Å². The average molecular weight is 239 g/mol. The molecule has 1 aromatic rings. The van der Waals surface area contributed by atoms with Gasteiger partial charge in [0.15, 0.2) is 0 Å². The summed E-state index contributed by atoms with van der Waals surface area (Å²) in [7, 11) is 0. The van der Waals surface area contributed by atoms with E-state index >= 15 is 0 Å². The van der Waals surface area contributed by atoms with Crippen LogP contribution in [0.15, 0.2) is 11.7 Å².